The number of aryl methyl sites for hydroxylation is 1. The van der Waals surface area contributed by atoms with Crippen LogP contribution in [0, 0.1) is 0 Å². The van der Waals surface area contributed by atoms with E-state index >= 15 is 0 Å². The molecular formula is C20H20ClN3OS. The Labute approximate surface area is 162 Å². The normalized spacial score (nSPS) is 10.7. The zero-order chi connectivity index (χ0) is 18.2. The molecule has 6 heteroatoms. The number of benzene rings is 1. The van der Waals surface area contributed by atoms with Gasteiger partial charge in [0.1, 0.15) is 5.01 Å². The van der Waals surface area contributed by atoms with Crippen molar-refractivity contribution in [1.29, 1.82) is 0 Å². The summed E-state index contributed by atoms with van der Waals surface area (Å²) >= 11 is 7.72. The number of nitrogens with one attached hydrogen (secondary N) is 1. The average Bonchev–Trinajstić information content (AvgIpc) is 3.13. The van der Waals surface area contributed by atoms with Gasteiger partial charge in [-0.2, -0.15) is 0 Å². The molecule has 4 nitrogen and oxygen atoms in total. The fraction of sp³-hybridized carbons (Fsp3) is 0.250. The van der Waals surface area contributed by atoms with Crippen molar-refractivity contribution in [1.82, 2.24) is 15.3 Å². The molecule has 0 aliphatic carbocycles. The van der Waals surface area contributed by atoms with Gasteiger partial charge in [0, 0.05) is 47.7 Å². The number of rotatable bonds is 8. The van der Waals surface area contributed by atoms with Crippen LogP contribution in [0.5, 0.6) is 0 Å². The van der Waals surface area contributed by atoms with Gasteiger partial charge in [-0.25, -0.2) is 4.98 Å². The molecule has 1 aromatic carbocycles. The summed E-state index contributed by atoms with van der Waals surface area (Å²) in [6.07, 6.45) is 6.39. The lowest BCUT2D eigenvalue weighted by molar-refractivity contribution is -0.121. The molecule has 2 aromatic heterocycles. The van der Waals surface area contributed by atoms with Crippen molar-refractivity contribution >= 4 is 28.8 Å². The predicted octanol–water partition coefficient (Wildman–Crippen LogP) is 4.54. The molecule has 0 bridgehead atoms. The molecule has 0 saturated carbocycles. The van der Waals surface area contributed by atoms with E-state index in [1.807, 2.05) is 48.0 Å². The highest BCUT2D eigenvalue weighted by molar-refractivity contribution is 7.13. The number of thiazole rings is 1. The molecule has 2 heterocycles. The molecule has 3 aromatic rings. The first kappa shape index (κ1) is 18.5. The fourth-order valence-corrected chi connectivity index (χ4v) is 3.68. The van der Waals surface area contributed by atoms with Gasteiger partial charge in [0.15, 0.2) is 0 Å². The number of carbonyl (C=O) groups is 1. The molecule has 0 saturated heterocycles. The largest absolute Gasteiger partial charge is 0.356 e. The summed E-state index contributed by atoms with van der Waals surface area (Å²) < 4.78 is 0. The lowest BCUT2D eigenvalue weighted by Crippen LogP contribution is -2.25. The van der Waals surface area contributed by atoms with Crippen LogP contribution >= 0.6 is 22.9 Å². The number of hydrogen-bond donors (Lipinski definition) is 1. The minimum Gasteiger partial charge on any atom is -0.356 e. The maximum atomic E-state index is 12.0. The van der Waals surface area contributed by atoms with Gasteiger partial charge < -0.3 is 5.32 Å². The quantitative estimate of drug-likeness (QED) is 0.619. The van der Waals surface area contributed by atoms with Gasteiger partial charge in [-0.15, -0.1) is 11.3 Å². The summed E-state index contributed by atoms with van der Waals surface area (Å²) in [5.74, 6) is 0.0692. The molecule has 0 aliphatic rings. The minimum atomic E-state index is 0.0692. The lowest BCUT2D eigenvalue weighted by Gasteiger charge is -2.05. The van der Waals surface area contributed by atoms with Crippen molar-refractivity contribution < 1.29 is 4.79 Å². The van der Waals surface area contributed by atoms with Gasteiger partial charge in [-0.05, 0) is 36.6 Å². The summed E-state index contributed by atoms with van der Waals surface area (Å²) in [5, 5.41) is 6.72. The average molecular weight is 386 g/mol. The molecule has 3 rings (SSSR count). The summed E-state index contributed by atoms with van der Waals surface area (Å²) in [7, 11) is 0. The molecule has 0 atom stereocenters. The molecular weight excluding hydrogens is 366 g/mol. The zero-order valence-electron chi connectivity index (χ0n) is 14.3. The lowest BCUT2D eigenvalue weighted by atomic mass is 10.1. The number of halogens is 1. The number of hydrogen-bond acceptors (Lipinski definition) is 4. The van der Waals surface area contributed by atoms with Crippen LogP contribution in [-0.4, -0.2) is 22.4 Å². The Morgan fingerprint density at radius 2 is 2.04 bits per heavy atom. The van der Waals surface area contributed by atoms with Gasteiger partial charge in [0.2, 0.25) is 5.91 Å². The first-order chi connectivity index (χ1) is 12.7. The molecule has 134 valence electrons. The topological polar surface area (TPSA) is 54.9 Å². The van der Waals surface area contributed by atoms with Gasteiger partial charge in [-0.1, -0.05) is 29.8 Å². The van der Waals surface area contributed by atoms with Gasteiger partial charge >= 0.3 is 0 Å². The van der Waals surface area contributed by atoms with Crippen LogP contribution in [0.15, 0.2) is 54.2 Å². The Kier molecular flexibility index (Phi) is 6.75. The smallest absolute Gasteiger partial charge is 0.220 e. The number of carbonyl (C=O) groups excluding carboxylic acids is 1. The number of aromatic nitrogens is 2. The van der Waals surface area contributed by atoms with E-state index < -0.39 is 0 Å². The van der Waals surface area contributed by atoms with Crippen LogP contribution < -0.4 is 5.32 Å². The van der Waals surface area contributed by atoms with Crippen LogP contribution in [0.2, 0.25) is 5.02 Å². The first-order valence-corrected chi connectivity index (χ1v) is 9.83. The molecule has 1 amide bonds. The van der Waals surface area contributed by atoms with E-state index in [1.165, 1.54) is 0 Å². The number of amides is 1. The monoisotopic (exact) mass is 385 g/mol. The Morgan fingerprint density at radius 1 is 1.15 bits per heavy atom. The highest BCUT2D eigenvalue weighted by atomic mass is 35.5. The van der Waals surface area contributed by atoms with Crippen LogP contribution in [0.4, 0.5) is 0 Å². The zero-order valence-corrected chi connectivity index (χ0v) is 15.9. The molecule has 0 spiro atoms. The van der Waals surface area contributed by atoms with Crippen LogP contribution in [0.1, 0.15) is 24.1 Å². The maximum Gasteiger partial charge on any atom is 0.220 e. The Bertz CT molecular complexity index is 851. The van der Waals surface area contributed by atoms with E-state index in [-0.39, 0.29) is 5.91 Å². The summed E-state index contributed by atoms with van der Waals surface area (Å²) in [6.45, 7) is 0.598. The Balaban J connectivity index is 1.38. The van der Waals surface area contributed by atoms with E-state index in [4.69, 9.17) is 11.6 Å². The van der Waals surface area contributed by atoms with Gasteiger partial charge in [0.05, 0.1) is 5.69 Å². The van der Waals surface area contributed by atoms with Crippen LogP contribution in [0.25, 0.3) is 10.6 Å². The molecule has 0 radical (unpaired) electrons. The highest BCUT2D eigenvalue weighted by Crippen LogP contribution is 2.22. The van der Waals surface area contributed by atoms with Crippen LogP contribution in [-0.2, 0) is 17.6 Å². The van der Waals surface area contributed by atoms with E-state index in [0.717, 1.165) is 46.1 Å². The van der Waals surface area contributed by atoms with Crippen molar-refractivity contribution in [2.24, 2.45) is 0 Å². The second-order valence-corrected chi connectivity index (χ2v) is 7.20. The SMILES string of the molecule is O=C(CCCc1ccccc1Cl)NCCc1csc(-c2cccnc2)n1. The Morgan fingerprint density at radius 3 is 2.85 bits per heavy atom. The maximum absolute atomic E-state index is 12.0. The van der Waals surface area contributed by atoms with Crippen molar-refractivity contribution in [2.75, 3.05) is 6.54 Å². The second kappa shape index (κ2) is 9.46. The summed E-state index contributed by atoms with van der Waals surface area (Å²) in [4.78, 5) is 20.7. The molecule has 1 N–H and O–H groups in total. The van der Waals surface area contributed by atoms with E-state index in [1.54, 1.807) is 17.5 Å². The van der Waals surface area contributed by atoms with E-state index in [2.05, 4.69) is 15.3 Å². The molecule has 0 aliphatic heterocycles. The predicted molar refractivity (Wildman–Crippen MR) is 106 cm³/mol. The van der Waals surface area contributed by atoms with Crippen molar-refractivity contribution in [3.8, 4) is 10.6 Å². The van der Waals surface area contributed by atoms with E-state index in [9.17, 15) is 4.79 Å². The van der Waals surface area contributed by atoms with Crippen molar-refractivity contribution in [2.45, 2.75) is 25.7 Å². The van der Waals surface area contributed by atoms with Gasteiger partial charge in [-0.3, -0.25) is 9.78 Å². The number of nitrogens with zero attached hydrogens (tertiary/aromatic N) is 2. The molecule has 0 fully saturated rings. The summed E-state index contributed by atoms with van der Waals surface area (Å²) in [5.41, 5.74) is 3.10. The van der Waals surface area contributed by atoms with Gasteiger partial charge in [0.25, 0.3) is 0 Å². The second-order valence-electron chi connectivity index (χ2n) is 5.93. The highest BCUT2D eigenvalue weighted by Gasteiger charge is 2.06. The molecule has 26 heavy (non-hydrogen) atoms. The summed E-state index contributed by atoms with van der Waals surface area (Å²) in [6, 6.07) is 11.7. The Hall–Kier alpha value is -2.24. The van der Waals surface area contributed by atoms with Crippen molar-refractivity contribution in [3.63, 3.8) is 0 Å². The minimum absolute atomic E-state index is 0.0692. The van der Waals surface area contributed by atoms with E-state index in [0.29, 0.717) is 13.0 Å². The number of pyridine rings is 1. The third-order valence-electron chi connectivity index (χ3n) is 3.97. The third kappa shape index (κ3) is 5.38. The first-order valence-electron chi connectivity index (χ1n) is 8.57. The standard InChI is InChI=1S/C20H20ClN3OS/c21-18-8-2-1-5-15(18)6-3-9-19(25)23-12-10-17-14-26-20(24-17)16-7-4-11-22-13-16/h1-2,4-5,7-8,11,13-14H,3,6,9-10,12H2,(H,23,25). The van der Waals surface area contributed by atoms with Crippen LogP contribution in [0.3, 0.4) is 0 Å². The van der Waals surface area contributed by atoms with Crippen molar-refractivity contribution in [3.05, 3.63) is 70.5 Å². The fourth-order valence-electron chi connectivity index (χ4n) is 2.60. The third-order valence-corrected chi connectivity index (χ3v) is 5.28. The molecule has 0 unspecified atom stereocenters.